The number of aromatic nitrogens is 1. The van der Waals surface area contributed by atoms with Gasteiger partial charge in [-0.1, -0.05) is 0 Å². The van der Waals surface area contributed by atoms with E-state index in [0.717, 1.165) is 29.8 Å². The maximum atomic E-state index is 12.2. The smallest absolute Gasteiger partial charge is 0.224 e. The van der Waals surface area contributed by atoms with Crippen LogP contribution in [0.25, 0.3) is 0 Å². The minimum atomic E-state index is 0.183. The molecule has 0 spiro atoms. The predicted octanol–water partition coefficient (Wildman–Crippen LogP) is 1.56. The molecule has 2 heterocycles. The number of hydrogen-bond donors (Lipinski definition) is 0. The first-order chi connectivity index (χ1) is 10.2. The largest absolute Gasteiger partial charge is 0.378 e. The minimum absolute atomic E-state index is 0.183. The van der Waals surface area contributed by atoms with E-state index in [-0.39, 0.29) is 11.7 Å². The Hall–Kier alpha value is -1.62. The SMILES string of the molecule is Cc1cc2c(n1CCC(=O)N1CCOCC1)CCCC2=O. The Morgan fingerprint density at radius 3 is 2.81 bits per heavy atom. The molecule has 1 amide bonds. The lowest BCUT2D eigenvalue weighted by molar-refractivity contribution is -0.135. The second-order valence-electron chi connectivity index (χ2n) is 5.82. The van der Waals surface area contributed by atoms with Crippen molar-refractivity contribution in [1.82, 2.24) is 9.47 Å². The van der Waals surface area contributed by atoms with Crippen molar-refractivity contribution in [2.45, 2.75) is 39.2 Å². The Balaban J connectivity index is 1.68. The molecule has 5 nitrogen and oxygen atoms in total. The first-order valence-corrected chi connectivity index (χ1v) is 7.74. The van der Waals surface area contributed by atoms with Gasteiger partial charge in [-0.25, -0.2) is 0 Å². The predicted molar refractivity (Wildman–Crippen MR) is 78.5 cm³/mol. The zero-order valence-electron chi connectivity index (χ0n) is 12.6. The van der Waals surface area contributed by atoms with Gasteiger partial charge in [-0.05, 0) is 25.8 Å². The average Bonchev–Trinajstić information content (AvgIpc) is 2.83. The number of amides is 1. The zero-order chi connectivity index (χ0) is 14.8. The molecule has 2 aliphatic rings. The van der Waals surface area contributed by atoms with Crippen LogP contribution < -0.4 is 0 Å². The number of fused-ring (bicyclic) bond motifs is 1. The monoisotopic (exact) mass is 290 g/mol. The summed E-state index contributed by atoms with van der Waals surface area (Å²) >= 11 is 0. The summed E-state index contributed by atoms with van der Waals surface area (Å²) < 4.78 is 7.43. The number of rotatable bonds is 3. The molecule has 0 radical (unpaired) electrons. The number of hydrogen-bond acceptors (Lipinski definition) is 3. The highest BCUT2D eigenvalue weighted by Crippen LogP contribution is 2.25. The summed E-state index contributed by atoms with van der Waals surface area (Å²) in [5, 5.41) is 0. The number of Topliss-reactive ketones (excluding diaryl/α,β-unsaturated/α-hetero) is 1. The van der Waals surface area contributed by atoms with Crippen LogP contribution in [0.4, 0.5) is 0 Å². The molecule has 21 heavy (non-hydrogen) atoms. The number of ketones is 1. The van der Waals surface area contributed by atoms with Crippen molar-refractivity contribution < 1.29 is 14.3 Å². The van der Waals surface area contributed by atoms with Crippen molar-refractivity contribution in [3.8, 4) is 0 Å². The molecule has 1 fully saturated rings. The van der Waals surface area contributed by atoms with Gasteiger partial charge in [0.15, 0.2) is 5.78 Å². The van der Waals surface area contributed by atoms with Gasteiger partial charge in [-0.2, -0.15) is 0 Å². The summed E-state index contributed by atoms with van der Waals surface area (Å²) in [5.41, 5.74) is 3.08. The first-order valence-electron chi connectivity index (χ1n) is 7.74. The van der Waals surface area contributed by atoms with Crippen molar-refractivity contribution >= 4 is 11.7 Å². The molecule has 1 aliphatic heterocycles. The summed E-state index contributed by atoms with van der Waals surface area (Å²) in [6.45, 7) is 5.35. The molecule has 3 rings (SSSR count). The normalized spacial score (nSPS) is 18.7. The zero-order valence-corrected chi connectivity index (χ0v) is 12.6. The van der Waals surface area contributed by atoms with Gasteiger partial charge < -0.3 is 14.2 Å². The highest BCUT2D eigenvalue weighted by atomic mass is 16.5. The molecule has 5 heteroatoms. The number of carbonyl (C=O) groups excluding carboxylic acids is 2. The summed E-state index contributed by atoms with van der Waals surface area (Å²) in [6, 6.07) is 1.98. The Kier molecular flexibility index (Phi) is 4.10. The molecule has 1 aromatic heterocycles. The van der Waals surface area contributed by atoms with Gasteiger partial charge >= 0.3 is 0 Å². The van der Waals surface area contributed by atoms with E-state index in [9.17, 15) is 9.59 Å². The van der Waals surface area contributed by atoms with E-state index < -0.39 is 0 Å². The van der Waals surface area contributed by atoms with Crippen molar-refractivity contribution in [3.05, 3.63) is 23.0 Å². The summed E-state index contributed by atoms with van der Waals surface area (Å²) in [7, 11) is 0. The van der Waals surface area contributed by atoms with Gasteiger partial charge in [0.1, 0.15) is 0 Å². The van der Waals surface area contributed by atoms with Gasteiger partial charge in [0.05, 0.1) is 13.2 Å². The number of carbonyl (C=O) groups is 2. The quantitative estimate of drug-likeness (QED) is 0.849. The van der Waals surface area contributed by atoms with Crippen LogP contribution in [-0.2, 0) is 22.5 Å². The minimum Gasteiger partial charge on any atom is -0.378 e. The molecule has 0 bridgehead atoms. The Labute approximate surface area is 124 Å². The van der Waals surface area contributed by atoms with Gasteiger partial charge in [-0.3, -0.25) is 9.59 Å². The van der Waals surface area contributed by atoms with Crippen LogP contribution in [0, 0.1) is 6.92 Å². The van der Waals surface area contributed by atoms with Gasteiger partial charge in [-0.15, -0.1) is 0 Å². The van der Waals surface area contributed by atoms with Crippen LogP contribution in [0.1, 0.15) is 41.0 Å². The average molecular weight is 290 g/mol. The molecular formula is C16H22N2O3. The van der Waals surface area contributed by atoms with Gasteiger partial charge in [0.25, 0.3) is 0 Å². The van der Waals surface area contributed by atoms with E-state index in [1.807, 2.05) is 17.9 Å². The highest BCUT2D eigenvalue weighted by Gasteiger charge is 2.23. The second kappa shape index (κ2) is 6.02. The third kappa shape index (κ3) is 2.88. The highest BCUT2D eigenvalue weighted by molar-refractivity contribution is 5.98. The maximum absolute atomic E-state index is 12.2. The Morgan fingerprint density at radius 2 is 2.05 bits per heavy atom. The van der Waals surface area contributed by atoms with Crippen molar-refractivity contribution in [3.63, 3.8) is 0 Å². The molecule has 1 saturated heterocycles. The number of ether oxygens (including phenoxy) is 1. The Bertz CT molecular complexity index is 556. The third-order valence-corrected chi connectivity index (χ3v) is 4.45. The molecule has 1 aromatic rings. The molecule has 0 aromatic carbocycles. The van der Waals surface area contributed by atoms with Crippen molar-refractivity contribution in [2.24, 2.45) is 0 Å². The van der Waals surface area contributed by atoms with Crippen LogP contribution in [0.15, 0.2) is 6.07 Å². The van der Waals surface area contributed by atoms with E-state index in [0.29, 0.717) is 45.7 Å². The van der Waals surface area contributed by atoms with Crippen LogP contribution >= 0.6 is 0 Å². The first kappa shape index (κ1) is 14.3. The molecule has 1 aliphatic carbocycles. The lowest BCUT2D eigenvalue weighted by atomic mass is 9.96. The van der Waals surface area contributed by atoms with E-state index in [1.165, 1.54) is 0 Å². The lowest BCUT2D eigenvalue weighted by Gasteiger charge is -2.27. The molecule has 0 saturated carbocycles. The van der Waals surface area contributed by atoms with E-state index in [1.54, 1.807) is 0 Å². The third-order valence-electron chi connectivity index (χ3n) is 4.45. The fraction of sp³-hybridized carbons (Fsp3) is 0.625. The molecule has 0 atom stereocenters. The van der Waals surface area contributed by atoms with Crippen LogP contribution in [0.5, 0.6) is 0 Å². The van der Waals surface area contributed by atoms with Crippen molar-refractivity contribution in [1.29, 1.82) is 0 Å². The van der Waals surface area contributed by atoms with Gasteiger partial charge in [0, 0.05) is 49.4 Å². The summed E-state index contributed by atoms with van der Waals surface area (Å²) in [4.78, 5) is 26.0. The second-order valence-corrected chi connectivity index (χ2v) is 5.82. The van der Waals surface area contributed by atoms with Crippen LogP contribution in [0.2, 0.25) is 0 Å². The fourth-order valence-electron chi connectivity index (χ4n) is 3.28. The lowest BCUT2D eigenvalue weighted by Crippen LogP contribution is -2.41. The fourth-order valence-corrected chi connectivity index (χ4v) is 3.28. The Morgan fingerprint density at radius 1 is 1.29 bits per heavy atom. The molecular weight excluding hydrogens is 268 g/mol. The number of morpholine rings is 1. The molecule has 0 N–H and O–H groups in total. The molecule has 0 unspecified atom stereocenters. The molecule has 114 valence electrons. The van der Waals surface area contributed by atoms with E-state index in [2.05, 4.69) is 4.57 Å². The standard InChI is InChI=1S/C16H22N2O3/c1-12-11-13-14(3-2-4-15(13)19)18(12)6-5-16(20)17-7-9-21-10-8-17/h11H,2-10H2,1H3. The van der Waals surface area contributed by atoms with E-state index >= 15 is 0 Å². The van der Waals surface area contributed by atoms with Crippen LogP contribution in [0.3, 0.4) is 0 Å². The summed E-state index contributed by atoms with van der Waals surface area (Å²) in [6.07, 6.45) is 3.02. The number of nitrogens with zero attached hydrogens (tertiary/aromatic N) is 2. The van der Waals surface area contributed by atoms with Crippen molar-refractivity contribution in [2.75, 3.05) is 26.3 Å². The van der Waals surface area contributed by atoms with Crippen LogP contribution in [-0.4, -0.2) is 47.5 Å². The maximum Gasteiger partial charge on any atom is 0.224 e. The van der Waals surface area contributed by atoms with E-state index in [4.69, 9.17) is 4.74 Å². The number of aryl methyl sites for hydroxylation is 1. The topological polar surface area (TPSA) is 51.5 Å². The summed E-state index contributed by atoms with van der Waals surface area (Å²) in [5.74, 6) is 0.430. The van der Waals surface area contributed by atoms with Gasteiger partial charge in [0.2, 0.25) is 5.91 Å².